The van der Waals surface area contributed by atoms with E-state index in [4.69, 9.17) is 44.3 Å². The van der Waals surface area contributed by atoms with Gasteiger partial charge in [0.2, 0.25) is 0 Å². The Morgan fingerprint density at radius 1 is 0.583 bits per heavy atom. The van der Waals surface area contributed by atoms with E-state index < -0.39 is 35.8 Å². The number of carboxylic acid groups (broad SMARTS) is 2. The van der Waals surface area contributed by atoms with E-state index >= 15 is 0 Å². The highest BCUT2D eigenvalue weighted by Crippen LogP contribution is 2.34. The molecule has 308 valence electrons. The highest BCUT2D eigenvalue weighted by molar-refractivity contribution is 6.33. The second kappa shape index (κ2) is 21.0. The number of benzene rings is 4. The van der Waals surface area contributed by atoms with Crippen LogP contribution in [0, 0.1) is 6.92 Å². The summed E-state index contributed by atoms with van der Waals surface area (Å²) in [7, 11) is 3.04. The smallest absolute Gasteiger partial charge is 0.305 e. The molecule has 0 fully saturated rings. The molecular weight excluding hydrogens is 831 g/mol. The Kier molecular flexibility index (Phi) is 15.6. The van der Waals surface area contributed by atoms with E-state index in [-0.39, 0.29) is 24.2 Å². The molecule has 6 aromatic rings. The number of rotatable bonds is 14. The maximum Gasteiger partial charge on any atom is 0.305 e. The second-order valence-electron chi connectivity index (χ2n) is 13.1. The number of carbonyl (C=O) groups excluding carboxylic acids is 2. The zero-order valence-electron chi connectivity index (χ0n) is 32.5. The van der Waals surface area contributed by atoms with E-state index in [9.17, 15) is 29.4 Å². The first kappa shape index (κ1) is 44.6. The summed E-state index contributed by atoms with van der Waals surface area (Å²) < 4.78 is 10.8. The van der Waals surface area contributed by atoms with Gasteiger partial charge in [0.1, 0.15) is 34.3 Å². The summed E-state index contributed by atoms with van der Waals surface area (Å²) in [5, 5.41) is 25.2. The van der Waals surface area contributed by atoms with Crippen molar-refractivity contribution in [2.45, 2.75) is 31.8 Å². The molecule has 4 aromatic carbocycles. The number of amides is 2. The Morgan fingerprint density at radius 2 is 1.03 bits per heavy atom. The Balaban J connectivity index is 0.000000228. The molecule has 12 nitrogen and oxygen atoms in total. The highest BCUT2D eigenvalue weighted by atomic mass is 35.5. The number of aromatic nitrogens is 2. The molecule has 6 rings (SSSR count). The van der Waals surface area contributed by atoms with Gasteiger partial charge >= 0.3 is 11.9 Å². The maximum atomic E-state index is 12.9. The summed E-state index contributed by atoms with van der Waals surface area (Å²) >= 11 is 18.7. The molecule has 4 N–H and O–H groups in total. The number of nitrogens with one attached hydrogen (secondary N) is 2. The number of aryl methyl sites for hydroxylation is 1. The van der Waals surface area contributed by atoms with E-state index in [2.05, 4.69) is 20.6 Å². The van der Waals surface area contributed by atoms with Gasteiger partial charge in [0, 0.05) is 21.2 Å². The van der Waals surface area contributed by atoms with Gasteiger partial charge in [-0.3, -0.25) is 19.2 Å². The van der Waals surface area contributed by atoms with Crippen molar-refractivity contribution < 1.29 is 38.9 Å². The van der Waals surface area contributed by atoms with Gasteiger partial charge in [-0.2, -0.15) is 0 Å². The lowest BCUT2D eigenvalue weighted by Gasteiger charge is -2.19. The molecule has 15 heteroatoms. The Labute approximate surface area is 361 Å². The van der Waals surface area contributed by atoms with Crippen LogP contribution in [0.15, 0.2) is 121 Å². The summed E-state index contributed by atoms with van der Waals surface area (Å²) in [4.78, 5) is 57.4. The zero-order valence-corrected chi connectivity index (χ0v) is 34.8. The molecule has 0 radical (unpaired) electrons. The number of methoxy groups -OCH3 is 2. The fourth-order valence-electron chi connectivity index (χ4n) is 6.13. The monoisotopic (exact) mass is 868 g/mol. The van der Waals surface area contributed by atoms with Gasteiger partial charge in [-0.05, 0) is 66.6 Å². The van der Waals surface area contributed by atoms with Crippen molar-refractivity contribution in [3.05, 3.63) is 164 Å². The van der Waals surface area contributed by atoms with Crippen molar-refractivity contribution in [1.29, 1.82) is 0 Å². The lowest BCUT2D eigenvalue weighted by molar-refractivity contribution is -0.138. The van der Waals surface area contributed by atoms with E-state index in [1.165, 1.54) is 26.4 Å². The number of carboxylic acids is 2. The van der Waals surface area contributed by atoms with E-state index in [1.807, 2.05) is 31.2 Å². The third-order valence-electron chi connectivity index (χ3n) is 8.97. The van der Waals surface area contributed by atoms with Crippen LogP contribution in [0.4, 0.5) is 0 Å². The number of pyridine rings is 2. The minimum absolute atomic E-state index is 0.0909. The molecule has 2 heterocycles. The largest absolute Gasteiger partial charge is 0.494 e. The third-order valence-corrected chi connectivity index (χ3v) is 9.99. The van der Waals surface area contributed by atoms with Crippen LogP contribution in [-0.2, 0) is 9.59 Å². The van der Waals surface area contributed by atoms with Crippen molar-refractivity contribution in [1.82, 2.24) is 20.6 Å². The zero-order chi connectivity index (χ0) is 43.3. The van der Waals surface area contributed by atoms with Gasteiger partial charge in [-0.1, -0.05) is 113 Å². The Bertz CT molecular complexity index is 2520. The predicted molar refractivity (Wildman–Crippen MR) is 230 cm³/mol. The maximum absolute atomic E-state index is 12.9. The molecule has 0 aliphatic rings. The number of aliphatic carboxylic acids is 2. The molecule has 0 saturated heterocycles. The van der Waals surface area contributed by atoms with Crippen LogP contribution >= 0.6 is 34.8 Å². The molecule has 60 heavy (non-hydrogen) atoms. The van der Waals surface area contributed by atoms with Gasteiger partial charge in [-0.25, -0.2) is 9.97 Å². The van der Waals surface area contributed by atoms with Gasteiger partial charge < -0.3 is 30.3 Å². The van der Waals surface area contributed by atoms with Crippen molar-refractivity contribution in [2.24, 2.45) is 0 Å². The predicted octanol–water partition coefficient (Wildman–Crippen LogP) is 9.67. The fraction of sp³-hybridized carbons (Fsp3) is 0.156. The molecule has 0 saturated carbocycles. The first-order chi connectivity index (χ1) is 28.8. The normalized spacial score (nSPS) is 11.6. The number of nitrogens with zero attached hydrogens (tertiary/aromatic N) is 2. The molecule has 0 bridgehead atoms. The Hall–Kier alpha value is -6.47. The highest BCUT2D eigenvalue weighted by Gasteiger charge is 2.24. The van der Waals surface area contributed by atoms with Crippen molar-refractivity contribution >= 4 is 58.6 Å². The topological polar surface area (TPSA) is 177 Å². The molecule has 0 spiro atoms. The minimum atomic E-state index is -1.07. The van der Waals surface area contributed by atoms with Crippen molar-refractivity contribution in [2.75, 3.05) is 14.2 Å². The molecule has 0 aliphatic heterocycles. The summed E-state index contributed by atoms with van der Waals surface area (Å²) in [6.07, 6.45) is -0.640. The molecule has 0 unspecified atom stereocenters. The van der Waals surface area contributed by atoms with E-state index in [0.717, 1.165) is 11.1 Å². The van der Waals surface area contributed by atoms with Crippen LogP contribution < -0.4 is 20.1 Å². The van der Waals surface area contributed by atoms with Crippen molar-refractivity contribution in [3.63, 3.8) is 0 Å². The average Bonchev–Trinajstić information content (AvgIpc) is 3.23. The number of halogens is 3. The lowest BCUT2D eigenvalue weighted by Crippen LogP contribution is -2.31. The van der Waals surface area contributed by atoms with E-state index in [0.29, 0.717) is 54.6 Å². The first-order valence-corrected chi connectivity index (χ1v) is 19.4. The second-order valence-corrected chi connectivity index (χ2v) is 14.4. The van der Waals surface area contributed by atoms with E-state index in [1.54, 1.807) is 84.9 Å². The van der Waals surface area contributed by atoms with Gasteiger partial charge in [0.05, 0.1) is 44.2 Å². The van der Waals surface area contributed by atoms with Crippen LogP contribution in [-0.4, -0.2) is 58.2 Å². The summed E-state index contributed by atoms with van der Waals surface area (Å²) in [5.74, 6) is -2.18. The standard InChI is InChI=1S/C23H21ClN2O4.C22H18Cl2N2O4/c1-14-6-5-7-15(12-14)22-20(30-2)11-10-18(25-22)23(29)26-19(13-21(27)28)16-8-3-4-9-17(16)24;1-30-19-11-10-17(25-21(19)14-7-3-5-9-16(14)24)22(29)26-18(12-20(27)28)13-6-2-4-8-15(13)23/h3-12,19H,13H2,1-2H3,(H,26,29)(H,27,28);2-11,18H,12H2,1H3,(H,26,29)(H,27,28)/t19-;18-/m00/s1. The molecular formula is C45H39Cl3N4O8. The molecule has 2 atom stereocenters. The van der Waals surface area contributed by atoms with Crippen LogP contribution in [0.1, 0.15) is 62.6 Å². The third kappa shape index (κ3) is 11.6. The lowest BCUT2D eigenvalue weighted by atomic mass is 10.0. The number of ether oxygens (including phenoxy) is 2. The van der Waals surface area contributed by atoms with Crippen LogP contribution in [0.2, 0.25) is 15.1 Å². The van der Waals surface area contributed by atoms with Crippen LogP contribution in [0.5, 0.6) is 11.5 Å². The van der Waals surface area contributed by atoms with Gasteiger partial charge in [0.25, 0.3) is 11.8 Å². The van der Waals surface area contributed by atoms with Gasteiger partial charge in [0.15, 0.2) is 0 Å². The number of hydrogen-bond donors (Lipinski definition) is 4. The summed E-state index contributed by atoms with van der Waals surface area (Å²) in [5.41, 5.74) is 4.68. The van der Waals surface area contributed by atoms with Gasteiger partial charge in [-0.15, -0.1) is 0 Å². The average molecular weight is 870 g/mol. The number of carbonyl (C=O) groups is 4. The SMILES string of the molecule is COc1ccc(C(=O)N[C@@H](CC(=O)O)c2ccccc2Cl)nc1-c1cccc(C)c1.COc1ccc(C(=O)N[C@@H](CC(=O)O)c2ccccc2Cl)nc1-c1ccccc1Cl. The molecule has 2 amide bonds. The molecule has 0 aliphatic carbocycles. The quantitative estimate of drug-likeness (QED) is 0.0824. The number of hydrogen-bond acceptors (Lipinski definition) is 8. The minimum Gasteiger partial charge on any atom is -0.494 e. The summed E-state index contributed by atoms with van der Waals surface area (Å²) in [6, 6.07) is 33.1. The molecule has 2 aromatic heterocycles. The fourth-order valence-corrected chi connectivity index (χ4v) is 6.89. The first-order valence-electron chi connectivity index (χ1n) is 18.3. The van der Waals surface area contributed by atoms with Crippen LogP contribution in [0.25, 0.3) is 22.5 Å². The van der Waals surface area contributed by atoms with Crippen LogP contribution in [0.3, 0.4) is 0 Å². The summed E-state index contributed by atoms with van der Waals surface area (Å²) in [6.45, 7) is 1.96. The Morgan fingerprint density at radius 3 is 1.48 bits per heavy atom. The van der Waals surface area contributed by atoms with Crippen molar-refractivity contribution in [3.8, 4) is 34.0 Å².